The van der Waals surface area contributed by atoms with Crippen molar-refractivity contribution >= 4 is 51.1 Å². The van der Waals surface area contributed by atoms with E-state index in [-0.39, 0.29) is 0 Å². The Hall–Kier alpha value is 1.69. The molecule has 0 heterocycles. The van der Waals surface area contributed by atoms with Gasteiger partial charge in [-0.15, -0.1) is 0 Å². The molecule has 0 aromatic heterocycles. The molecule has 6 nitrogen and oxygen atoms in total. The van der Waals surface area contributed by atoms with Gasteiger partial charge in [-0.05, 0) is 0 Å². The maximum absolute atomic E-state index is 6.21. The molecule has 11 heteroatoms. The van der Waals surface area contributed by atoms with Crippen molar-refractivity contribution in [2.24, 2.45) is 0 Å². The molecule has 0 aliphatic carbocycles. The second-order valence-corrected chi connectivity index (χ2v) is 40.2. The summed E-state index contributed by atoms with van der Waals surface area (Å²) in [7, 11) is -0.997. The van der Waals surface area contributed by atoms with E-state index in [9.17, 15) is 0 Å². The van der Waals surface area contributed by atoms with Gasteiger partial charge in [0, 0.05) is 0 Å². The van der Waals surface area contributed by atoms with E-state index in [1.807, 2.05) is 41.5 Å². The van der Waals surface area contributed by atoms with E-state index in [0.717, 1.165) is 10.8 Å². The summed E-state index contributed by atoms with van der Waals surface area (Å²) in [6, 6.07) is 0. The van der Waals surface area contributed by atoms with Gasteiger partial charge in [0.05, 0.1) is 0 Å². The van der Waals surface area contributed by atoms with Crippen molar-refractivity contribution in [3.8, 4) is 0 Å². The van der Waals surface area contributed by atoms with Gasteiger partial charge in [0.2, 0.25) is 0 Å². The van der Waals surface area contributed by atoms with Gasteiger partial charge >= 0.3 is 218 Å². The minimum absolute atomic E-state index is 0.626. The van der Waals surface area contributed by atoms with Gasteiger partial charge in [0.15, 0.2) is 0 Å². The van der Waals surface area contributed by atoms with Crippen molar-refractivity contribution in [1.82, 2.24) is 0 Å². The zero-order valence-electron chi connectivity index (χ0n) is 22.7. The summed E-state index contributed by atoms with van der Waals surface area (Å²) in [4.78, 5) is 0. The van der Waals surface area contributed by atoms with Crippen molar-refractivity contribution < 1.29 is 26.6 Å². The van der Waals surface area contributed by atoms with E-state index in [4.69, 9.17) is 26.6 Å². The fraction of sp³-hybridized carbons (Fsp3) is 1.00. The Kier molecular flexibility index (Phi) is 21.8. The summed E-state index contributed by atoms with van der Waals surface area (Å²) < 4.78 is 39.9. The number of rotatable bonds is 24. The van der Waals surface area contributed by atoms with E-state index in [2.05, 4.69) is 31.7 Å². The summed E-state index contributed by atoms with van der Waals surface area (Å²) in [6.45, 7) is 20.6. The Labute approximate surface area is 216 Å². The van der Waals surface area contributed by atoms with Gasteiger partial charge in [0.25, 0.3) is 0 Å². The van der Waals surface area contributed by atoms with Crippen molar-refractivity contribution in [2.75, 3.05) is 50.4 Å². The fourth-order valence-corrected chi connectivity index (χ4v) is 59.6. The number of unbranched alkanes of at least 4 members (excludes halogenated alkanes) is 2. The third-order valence-electron chi connectivity index (χ3n) is 5.03. The zero-order chi connectivity index (χ0) is 25.1. The molecule has 0 unspecified atom stereocenters. The Morgan fingerprint density at radius 2 is 0.758 bits per heavy atom. The predicted octanol–water partition coefficient (Wildman–Crippen LogP) is 6.67. The Morgan fingerprint density at radius 3 is 0.970 bits per heavy atom. The third-order valence-corrected chi connectivity index (χ3v) is 47.5. The normalized spacial score (nSPS) is 13.1. The van der Waals surface area contributed by atoms with Crippen molar-refractivity contribution in [3.63, 3.8) is 0 Å². The molecule has 0 rings (SSSR count). The average Bonchev–Trinajstić information content (AvgIpc) is 2.79. The van der Waals surface area contributed by atoms with Gasteiger partial charge in [-0.2, -0.15) is 0 Å². The molecule has 0 bridgehead atoms. The first kappa shape index (κ1) is 34.7. The second-order valence-electron chi connectivity index (χ2n) is 7.66. The summed E-state index contributed by atoms with van der Waals surface area (Å²) >= 11 is -2.75. The van der Waals surface area contributed by atoms with Crippen LogP contribution in [0.25, 0.3) is 0 Å². The van der Waals surface area contributed by atoms with Crippen LogP contribution in [0.15, 0.2) is 0 Å². The van der Waals surface area contributed by atoms with E-state index >= 15 is 0 Å². The summed E-state index contributed by atoms with van der Waals surface area (Å²) in [6.07, 6.45) is 5.00. The van der Waals surface area contributed by atoms with Crippen LogP contribution in [0.1, 0.15) is 81.1 Å². The van der Waals surface area contributed by atoms with Crippen LogP contribution >= 0.6 is 17.9 Å². The van der Waals surface area contributed by atoms with E-state index in [1.165, 1.54) is 34.6 Å². The molecular formula is C22H52O6S2Si2Sn. The van der Waals surface area contributed by atoms with Crippen LogP contribution < -0.4 is 0 Å². The van der Waals surface area contributed by atoms with Crippen LogP contribution in [0.2, 0.25) is 8.87 Å². The molecule has 0 saturated carbocycles. The van der Waals surface area contributed by atoms with Gasteiger partial charge in [-0.1, -0.05) is 0 Å². The number of hydrogen-bond acceptors (Lipinski definition) is 8. The second kappa shape index (κ2) is 20.7. The zero-order valence-corrected chi connectivity index (χ0v) is 29.2. The van der Waals surface area contributed by atoms with Crippen molar-refractivity contribution in [2.45, 2.75) is 89.9 Å². The van der Waals surface area contributed by atoms with Crippen molar-refractivity contribution in [3.05, 3.63) is 0 Å². The standard InChI is InChI=1S/2C7H18O3SSi.2C4H9.Sn/c2*1-4-8-12(7-11,9-5-2)10-6-3;2*1-3-4-2;/h2*11H,4-7H2,1-3H3;2*1,3-4H2,2H3;/q;;;;+2/p-2. The first-order valence-corrected chi connectivity index (χ1v) is 29.9. The first-order valence-electron chi connectivity index (χ1n) is 13.0. The van der Waals surface area contributed by atoms with Crippen LogP contribution in [0.4, 0.5) is 0 Å². The van der Waals surface area contributed by atoms with Crippen LogP contribution in [-0.4, -0.2) is 83.6 Å². The predicted molar refractivity (Wildman–Crippen MR) is 151 cm³/mol. The molecule has 0 N–H and O–H groups in total. The Bertz CT molecular complexity index is 395. The molecule has 0 atom stereocenters. The minimum atomic E-state index is -2.75. The molecule has 0 amide bonds. The summed E-state index contributed by atoms with van der Waals surface area (Å²) in [5, 5.41) is 1.71. The van der Waals surface area contributed by atoms with E-state index in [1.54, 1.807) is 0 Å². The van der Waals surface area contributed by atoms with Gasteiger partial charge in [-0.25, -0.2) is 0 Å². The molecule has 0 fully saturated rings. The summed E-state index contributed by atoms with van der Waals surface area (Å²) in [5.41, 5.74) is 0. The van der Waals surface area contributed by atoms with E-state index < -0.39 is 33.2 Å². The molecule has 0 aromatic carbocycles. The summed E-state index contributed by atoms with van der Waals surface area (Å²) in [5.74, 6) is 0. The van der Waals surface area contributed by atoms with Crippen LogP contribution in [0.3, 0.4) is 0 Å². The van der Waals surface area contributed by atoms with E-state index in [0.29, 0.717) is 39.6 Å². The quantitative estimate of drug-likeness (QED) is 0.107. The maximum atomic E-state index is 6.21. The van der Waals surface area contributed by atoms with Gasteiger partial charge in [-0.3, -0.25) is 0 Å². The molecule has 0 aliphatic rings. The molecular weight excluding hydrogens is 599 g/mol. The molecule has 0 aromatic rings. The van der Waals surface area contributed by atoms with Gasteiger partial charge < -0.3 is 0 Å². The molecule has 200 valence electrons. The third kappa shape index (κ3) is 13.7. The molecule has 0 saturated heterocycles. The topological polar surface area (TPSA) is 55.4 Å². The number of hydrogen-bond donors (Lipinski definition) is 0. The monoisotopic (exact) mass is 652 g/mol. The fourth-order valence-electron chi connectivity index (χ4n) is 3.61. The Balaban J connectivity index is 5.89. The van der Waals surface area contributed by atoms with Crippen LogP contribution in [0.5, 0.6) is 0 Å². The molecule has 0 radical (unpaired) electrons. The van der Waals surface area contributed by atoms with Crippen LogP contribution in [0, 0.1) is 0 Å². The average molecular weight is 652 g/mol. The first-order chi connectivity index (χ1) is 15.9. The molecule has 33 heavy (non-hydrogen) atoms. The van der Waals surface area contributed by atoms with Gasteiger partial charge in [0.1, 0.15) is 0 Å². The van der Waals surface area contributed by atoms with Crippen LogP contribution in [-0.2, 0) is 26.6 Å². The Morgan fingerprint density at radius 1 is 0.485 bits per heavy atom. The molecule has 0 aliphatic heterocycles. The molecule has 0 spiro atoms. The SMILES string of the molecule is CCC[CH2][Sn]([CH2]CCC)([S]C[Si](OCC)(OCC)OCC)[S]C[Si](OCC)(OCC)OCC. The van der Waals surface area contributed by atoms with Crippen molar-refractivity contribution in [1.29, 1.82) is 0 Å².